The van der Waals surface area contributed by atoms with E-state index in [-0.39, 0.29) is 5.75 Å². The van der Waals surface area contributed by atoms with Gasteiger partial charge in [-0.1, -0.05) is 36.9 Å². The van der Waals surface area contributed by atoms with Crippen molar-refractivity contribution in [2.24, 2.45) is 5.73 Å². The Morgan fingerprint density at radius 1 is 1.20 bits per heavy atom. The largest absolute Gasteiger partial charge is 0.508 e. The molecule has 0 aliphatic heterocycles. The summed E-state index contributed by atoms with van der Waals surface area (Å²) in [5.74, 6) is 0.229. The molecule has 0 heterocycles. The highest BCUT2D eigenvalue weighted by atomic mass is 35.5. The molecular formula is C12H16ClNO. The fraction of sp³-hybridized carbons (Fsp3) is 0.500. The number of nitrogens with two attached hydrogens (primary N) is 1. The Labute approximate surface area is 95.1 Å². The summed E-state index contributed by atoms with van der Waals surface area (Å²) in [6, 6.07) is 5.19. The molecule has 3 heteroatoms. The predicted octanol–water partition coefficient (Wildman–Crippen LogP) is 3.16. The van der Waals surface area contributed by atoms with Crippen molar-refractivity contribution in [2.45, 2.75) is 37.6 Å². The van der Waals surface area contributed by atoms with Crippen molar-refractivity contribution in [1.29, 1.82) is 0 Å². The molecule has 1 aromatic rings. The molecule has 2 nitrogen and oxygen atoms in total. The fourth-order valence-corrected chi connectivity index (χ4v) is 2.80. The Balaban J connectivity index is 2.42. The zero-order valence-corrected chi connectivity index (χ0v) is 9.43. The van der Waals surface area contributed by atoms with E-state index in [0.717, 1.165) is 31.2 Å². The second kappa shape index (κ2) is 4.03. The van der Waals surface area contributed by atoms with Crippen LogP contribution in [0.25, 0.3) is 0 Å². The minimum atomic E-state index is -0.430. The molecule has 1 aliphatic carbocycles. The van der Waals surface area contributed by atoms with Crippen LogP contribution in [0.3, 0.4) is 0 Å². The number of rotatable bonds is 1. The average molecular weight is 226 g/mol. The normalized spacial score (nSPS) is 20.1. The molecule has 0 atom stereocenters. The second-order valence-corrected chi connectivity index (χ2v) is 4.76. The number of benzene rings is 1. The first-order valence-corrected chi connectivity index (χ1v) is 5.78. The van der Waals surface area contributed by atoms with Crippen molar-refractivity contribution in [3.8, 4) is 5.75 Å². The molecule has 0 bridgehead atoms. The van der Waals surface area contributed by atoms with Gasteiger partial charge in [-0.25, -0.2) is 0 Å². The lowest BCUT2D eigenvalue weighted by Gasteiger charge is -2.34. The van der Waals surface area contributed by atoms with Crippen LogP contribution >= 0.6 is 11.6 Å². The smallest absolute Gasteiger partial charge is 0.122 e. The van der Waals surface area contributed by atoms with Crippen molar-refractivity contribution in [2.75, 3.05) is 0 Å². The molecule has 0 saturated heterocycles. The van der Waals surface area contributed by atoms with Crippen LogP contribution in [0, 0.1) is 0 Å². The van der Waals surface area contributed by atoms with E-state index in [0.29, 0.717) is 5.02 Å². The molecular weight excluding hydrogens is 210 g/mol. The summed E-state index contributed by atoms with van der Waals surface area (Å²) < 4.78 is 0. The van der Waals surface area contributed by atoms with E-state index in [1.54, 1.807) is 18.2 Å². The second-order valence-electron chi connectivity index (χ2n) is 4.35. The minimum Gasteiger partial charge on any atom is -0.508 e. The summed E-state index contributed by atoms with van der Waals surface area (Å²) in [5.41, 5.74) is 6.64. The zero-order chi connectivity index (χ0) is 10.9. The SMILES string of the molecule is NC1(c2c(O)cccc2Cl)CCCCC1. The lowest BCUT2D eigenvalue weighted by Crippen LogP contribution is -2.38. The average Bonchev–Trinajstić information content (AvgIpc) is 2.18. The maximum absolute atomic E-state index is 9.84. The summed E-state index contributed by atoms with van der Waals surface area (Å²) >= 11 is 6.11. The zero-order valence-electron chi connectivity index (χ0n) is 8.67. The van der Waals surface area contributed by atoms with E-state index >= 15 is 0 Å². The first-order chi connectivity index (χ1) is 7.13. The first kappa shape index (κ1) is 10.8. The van der Waals surface area contributed by atoms with E-state index < -0.39 is 5.54 Å². The third-order valence-corrected chi connectivity index (χ3v) is 3.55. The van der Waals surface area contributed by atoms with Gasteiger partial charge in [-0.05, 0) is 25.0 Å². The van der Waals surface area contributed by atoms with Gasteiger partial charge in [0.1, 0.15) is 5.75 Å². The van der Waals surface area contributed by atoms with Crippen LogP contribution < -0.4 is 5.73 Å². The molecule has 0 amide bonds. The maximum atomic E-state index is 9.84. The highest BCUT2D eigenvalue weighted by molar-refractivity contribution is 6.31. The third-order valence-electron chi connectivity index (χ3n) is 3.24. The molecule has 1 aromatic carbocycles. The van der Waals surface area contributed by atoms with E-state index in [4.69, 9.17) is 17.3 Å². The summed E-state index contributed by atoms with van der Waals surface area (Å²) in [7, 11) is 0. The lowest BCUT2D eigenvalue weighted by atomic mass is 9.77. The van der Waals surface area contributed by atoms with E-state index in [1.165, 1.54) is 6.42 Å². The van der Waals surface area contributed by atoms with Gasteiger partial charge in [0, 0.05) is 16.1 Å². The number of phenolic OH excluding ortho intramolecular Hbond substituents is 1. The fourth-order valence-electron chi connectivity index (χ4n) is 2.44. The van der Waals surface area contributed by atoms with E-state index in [9.17, 15) is 5.11 Å². The molecule has 15 heavy (non-hydrogen) atoms. The summed E-state index contributed by atoms with van der Waals surface area (Å²) in [6.45, 7) is 0. The highest BCUT2D eigenvalue weighted by Crippen LogP contribution is 2.42. The summed E-state index contributed by atoms with van der Waals surface area (Å²) in [5, 5.41) is 10.4. The van der Waals surface area contributed by atoms with Gasteiger partial charge in [-0.3, -0.25) is 0 Å². The van der Waals surface area contributed by atoms with Gasteiger partial charge in [-0.2, -0.15) is 0 Å². The van der Waals surface area contributed by atoms with Gasteiger partial charge in [-0.15, -0.1) is 0 Å². The Bertz CT molecular complexity index is 338. The maximum Gasteiger partial charge on any atom is 0.122 e. The molecule has 2 rings (SSSR count). The number of phenols is 1. The molecule has 1 saturated carbocycles. The lowest BCUT2D eigenvalue weighted by molar-refractivity contribution is 0.292. The summed E-state index contributed by atoms with van der Waals surface area (Å²) in [4.78, 5) is 0. The molecule has 0 unspecified atom stereocenters. The van der Waals surface area contributed by atoms with Gasteiger partial charge in [0.05, 0.1) is 0 Å². The topological polar surface area (TPSA) is 46.2 Å². The van der Waals surface area contributed by atoms with E-state index in [1.807, 2.05) is 0 Å². The van der Waals surface area contributed by atoms with Crippen LogP contribution in [-0.2, 0) is 5.54 Å². The van der Waals surface area contributed by atoms with Gasteiger partial charge in [0.25, 0.3) is 0 Å². The van der Waals surface area contributed by atoms with Gasteiger partial charge >= 0.3 is 0 Å². The van der Waals surface area contributed by atoms with Gasteiger partial charge in [0.15, 0.2) is 0 Å². The first-order valence-electron chi connectivity index (χ1n) is 5.40. The standard InChI is InChI=1S/C12H16ClNO/c13-9-5-4-6-10(15)11(9)12(14)7-2-1-3-8-12/h4-6,15H,1-3,7-8,14H2. The van der Waals surface area contributed by atoms with Crippen molar-refractivity contribution < 1.29 is 5.11 Å². The molecule has 0 aromatic heterocycles. The number of hydrogen-bond acceptors (Lipinski definition) is 2. The Morgan fingerprint density at radius 3 is 2.47 bits per heavy atom. The third kappa shape index (κ3) is 1.97. The van der Waals surface area contributed by atoms with Crippen LogP contribution in [0.5, 0.6) is 5.75 Å². The molecule has 1 aliphatic rings. The Morgan fingerprint density at radius 2 is 1.87 bits per heavy atom. The van der Waals surface area contributed by atoms with Gasteiger partial charge in [0.2, 0.25) is 0 Å². The van der Waals surface area contributed by atoms with Crippen LogP contribution in [0.1, 0.15) is 37.7 Å². The molecule has 0 spiro atoms. The number of aromatic hydroxyl groups is 1. The van der Waals surface area contributed by atoms with Crippen molar-refractivity contribution >= 4 is 11.6 Å². The van der Waals surface area contributed by atoms with Crippen LogP contribution in [0.4, 0.5) is 0 Å². The molecule has 3 N–H and O–H groups in total. The Kier molecular flexibility index (Phi) is 2.89. The predicted molar refractivity (Wildman–Crippen MR) is 62.1 cm³/mol. The quantitative estimate of drug-likeness (QED) is 0.771. The number of halogens is 1. The highest BCUT2D eigenvalue weighted by Gasteiger charge is 2.33. The van der Waals surface area contributed by atoms with Crippen molar-refractivity contribution in [3.05, 3.63) is 28.8 Å². The van der Waals surface area contributed by atoms with Crippen molar-refractivity contribution in [3.63, 3.8) is 0 Å². The minimum absolute atomic E-state index is 0.229. The summed E-state index contributed by atoms with van der Waals surface area (Å²) in [6.07, 6.45) is 5.26. The van der Waals surface area contributed by atoms with Crippen LogP contribution in [0.2, 0.25) is 5.02 Å². The molecule has 0 radical (unpaired) electrons. The van der Waals surface area contributed by atoms with Crippen LogP contribution in [-0.4, -0.2) is 5.11 Å². The molecule has 82 valence electrons. The van der Waals surface area contributed by atoms with Crippen LogP contribution in [0.15, 0.2) is 18.2 Å². The van der Waals surface area contributed by atoms with Crippen molar-refractivity contribution in [1.82, 2.24) is 0 Å². The molecule has 1 fully saturated rings. The Hall–Kier alpha value is -0.730. The monoisotopic (exact) mass is 225 g/mol. The van der Waals surface area contributed by atoms with E-state index in [2.05, 4.69) is 0 Å². The van der Waals surface area contributed by atoms with Gasteiger partial charge < -0.3 is 10.8 Å². The number of hydrogen-bond donors (Lipinski definition) is 2.